The molecule has 0 saturated carbocycles. The number of hydrogen-bond donors (Lipinski definition) is 0. The molecule has 0 radical (unpaired) electrons. The Morgan fingerprint density at radius 2 is 2.20 bits per heavy atom. The first-order chi connectivity index (χ1) is 9.57. The van der Waals surface area contributed by atoms with Crippen LogP contribution in [0.5, 0.6) is 17.4 Å². The van der Waals surface area contributed by atoms with E-state index in [0.717, 1.165) is 17.7 Å². The third kappa shape index (κ3) is 2.56. The minimum atomic E-state index is -0.203. The van der Waals surface area contributed by atoms with Gasteiger partial charge in [0.2, 0.25) is 5.88 Å². The van der Waals surface area contributed by atoms with Gasteiger partial charge in [0.25, 0.3) is 0 Å². The van der Waals surface area contributed by atoms with Crippen molar-refractivity contribution in [2.24, 2.45) is 0 Å². The van der Waals surface area contributed by atoms with Gasteiger partial charge in [-0.15, -0.1) is 11.6 Å². The molecule has 4 nitrogen and oxygen atoms in total. The van der Waals surface area contributed by atoms with Gasteiger partial charge in [-0.1, -0.05) is 12.1 Å². The van der Waals surface area contributed by atoms with E-state index in [1.807, 2.05) is 12.1 Å². The van der Waals surface area contributed by atoms with E-state index in [-0.39, 0.29) is 5.60 Å². The monoisotopic (exact) mass is 290 g/mol. The number of aromatic nitrogens is 2. The Balaban J connectivity index is 1.91. The van der Waals surface area contributed by atoms with Crippen LogP contribution in [0, 0.1) is 0 Å². The summed E-state index contributed by atoms with van der Waals surface area (Å²) >= 11 is 5.75. The molecule has 0 unspecified atom stereocenters. The minimum Gasteiger partial charge on any atom is -0.483 e. The number of ether oxygens (including phenoxy) is 2. The zero-order valence-electron chi connectivity index (χ0n) is 11.4. The third-order valence-electron chi connectivity index (χ3n) is 3.07. The number of benzene rings is 1. The van der Waals surface area contributed by atoms with Crippen molar-refractivity contribution in [2.75, 3.05) is 0 Å². The molecule has 5 heteroatoms. The molecule has 0 fully saturated rings. The first-order valence-electron chi connectivity index (χ1n) is 6.43. The molecule has 0 spiro atoms. The average Bonchev–Trinajstić information content (AvgIpc) is 2.74. The number of rotatable bonds is 3. The fourth-order valence-corrected chi connectivity index (χ4v) is 2.41. The summed E-state index contributed by atoms with van der Waals surface area (Å²) in [4.78, 5) is 8.34. The summed E-state index contributed by atoms with van der Waals surface area (Å²) in [6, 6.07) is 5.88. The fraction of sp³-hybridized carbons (Fsp3) is 0.333. The van der Waals surface area contributed by atoms with Gasteiger partial charge in [0.15, 0.2) is 11.5 Å². The van der Waals surface area contributed by atoms with Crippen molar-refractivity contribution in [2.45, 2.75) is 31.7 Å². The number of halogens is 1. The minimum absolute atomic E-state index is 0.203. The van der Waals surface area contributed by atoms with Crippen LogP contribution in [-0.4, -0.2) is 15.6 Å². The first-order valence-corrected chi connectivity index (χ1v) is 6.96. The van der Waals surface area contributed by atoms with E-state index >= 15 is 0 Å². The highest BCUT2D eigenvalue weighted by molar-refractivity contribution is 6.16. The summed E-state index contributed by atoms with van der Waals surface area (Å²) in [5.41, 5.74) is 1.62. The second-order valence-corrected chi connectivity index (χ2v) is 5.63. The van der Waals surface area contributed by atoms with Gasteiger partial charge in [-0.3, -0.25) is 4.98 Å². The van der Waals surface area contributed by atoms with Gasteiger partial charge < -0.3 is 9.47 Å². The van der Waals surface area contributed by atoms with Crippen LogP contribution in [0.15, 0.2) is 30.6 Å². The number of hydrogen-bond acceptors (Lipinski definition) is 4. The van der Waals surface area contributed by atoms with E-state index < -0.39 is 0 Å². The van der Waals surface area contributed by atoms with Gasteiger partial charge in [0.1, 0.15) is 5.60 Å². The highest BCUT2D eigenvalue weighted by atomic mass is 35.5. The first kappa shape index (κ1) is 13.2. The molecule has 1 aliphatic rings. The van der Waals surface area contributed by atoms with Gasteiger partial charge in [-0.2, -0.15) is 0 Å². The lowest BCUT2D eigenvalue weighted by Crippen LogP contribution is -2.24. The highest BCUT2D eigenvalue weighted by Crippen LogP contribution is 2.42. The van der Waals surface area contributed by atoms with E-state index in [2.05, 4.69) is 29.9 Å². The van der Waals surface area contributed by atoms with Gasteiger partial charge in [-0.05, 0) is 19.9 Å². The molecular weight excluding hydrogens is 276 g/mol. The lowest BCUT2D eigenvalue weighted by atomic mass is 10.0. The molecule has 104 valence electrons. The molecule has 0 aliphatic carbocycles. The van der Waals surface area contributed by atoms with E-state index in [1.54, 1.807) is 12.4 Å². The van der Waals surface area contributed by atoms with Gasteiger partial charge in [0, 0.05) is 18.2 Å². The molecule has 3 rings (SSSR count). The molecule has 1 aliphatic heterocycles. The Morgan fingerprint density at radius 3 is 3.00 bits per heavy atom. The molecule has 0 N–H and O–H groups in total. The van der Waals surface area contributed by atoms with Crippen LogP contribution in [0.25, 0.3) is 0 Å². The van der Waals surface area contributed by atoms with E-state index in [4.69, 9.17) is 21.1 Å². The van der Waals surface area contributed by atoms with Crippen LogP contribution in [-0.2, 0) is 12.3 Å². The van der Waals surface area contributed by atoms with E-state index in [9.17, 15) is 0 Å². The van der Waals surface area contributed by atoms with Crippen LogP contribution in [0.2, 0.25) is 0 Å². The fourth-order valence-electron chi connectivity index (χ4n) is 2.28. The van der Waals surface area contributed by atoms with Gasteiger partial charge in [-0.25, -0.2) is 4.98 Å². The molecule has 2 aromatic rings. The van der Waals surface area contributed by atoms with Crippen molar-refractivity contribution in [1.82, 2.24) is 9.97 Å². The van der Waals surface area contributed by atoms with Crippen LogP contribution in [0.1, 0.15) is 25.1 Å². The average molecular weight is 291 g/mol. The number of alkyl halides is 1. The summed E-state index contributed by atoms with van der Waals surface area (Å²) in [5.74, 6) is 2.18. The SMILES string of the molecule is CC1(C)Cc2cccc(Oc3cncc(CCl)n3)c2O1. The summed E-state index contributed by atoms with van der Waals surface area (Å²) in [7, 11) is 0. The van der Waals surface area contributed by atoms with Crippen LogP contribution in [0.3, 0.4) is 0 Å². The van der Waals surface area contributed by atoms with E-state index in [1.165, 1.54) is 0 Å². The summed E-state index contributed by atoms with van der Waals surface area (Å²) in [5, 5.41) is 0. The predicted octanol–water partition coefficient (Wildman–Crippen LogP) is 3.72. The molecule has 20 heavy (non-hydrogen) atoms. The zero-order chi connectivity index (χ0) is 14.2. The summed E-state index contributed by atoms with van der Waals surface area (Å²) < 4.78 is 11.8. The largest absolute Gasteiger partial charge is 0.483 e. The topological polar surface area (TPSA) is 44.2 Å². The van der Waals surface area contributed by atoms with Crippen molar-refractivity contribution >= 4 is 11.6 Å². The smallest absolute Gasteiger partial charge is 0.238 e. The molecule has 0 bridgehead atoms. The highest BCUT2D eigenvalue weighted by Gasteiger charge is 2.32. The molecule has 0 amide bonds. The Bertz CT molecular complexity index is 644. The third-order valence-corrected chi connectivity index (χ3v) is 3.34. The quantitative estimate of drug-likeness (QED) is 0.808. The lowest BCUT2D eigenvalue weighted by Gasteiger charge is -2.18. The molecule has 1 aromatic carbocycles. The Hall–Kier alpha value is -1.81. The lowest BCUT2D eigenvalue weighted by molar-refractivity contribution is 0.135. The van der Waals surface area contributed by atoms with E-state index in [0.29, 0.717) is 23.2 Å². The molecule has 0 atom stereocenters. The molecule has 1 aromatic heterocycles. The van der Waals surface area contributed by atoms with Crippen LogP contribution in [0.4, 0.5) is 0 Å². The number of para-hydroxylation sites is 1. The van der Waals surface area contributed by atoms with Crippen molar-refractivity contribution in [3.8, 4) is 17.4 Å². The normalized spacial score (nSPS) is 15.6. The van der Waals surface area contributed by atoms with Crippen LogP contribution < -0.4 is 9.47 Å². The van der Waals surface area contributed by atoms with Gasteiger partial charge in [0.05, 0.1) is 17.8 Å². The maximum Gasteiger partial charge on any atom is 0.238 e. The Kier molecular flexibility index (Phi) is 3.26. The summed E-state index contributed by atoms with van der Waals surface area (Å²) in [6.45, 7) is 4.12. The second kappa shape index (κ2) is 4.94. The molecular formula is C15H15ClN2O2. The van der Waals surface area contributed by atoms with Crippen molar-refractivity contribution in [3.05, 3.63) is 41.9 Å². The van der Waals surface area contributed by atoms with Gasteiger partial charge >= 0.3 is 0 Å². The molecule has 2 heterocycles. The Labute approximate surface area is 122 Å². The maximum absolute atomic E-state index is 5.95. The molecule has 0 saturated heterocycles. The number of fused-ring (bicyclic) bond motifs is 1. The second-order valence-electron chi connectivity index (χ2n) is 5.37. The maximum atomic E-state index is 5.95. The van der Waals surface area contributed by atoms with Crippen molar-refractivity contribution in [1.29, 1.82) is 0 Å². The Morgan fingerprint density at radius 1 is 1.35 bits per heavy atom. The standard InChI is InChI=1S/C15H15ClN2O2/c1-15(2)6-10-4-3-5-12(14(10)20-15)19-13-9-17-8-11(7-16)18-13/h3-5,8-9H,6-7H2,1-2H3. The van der Waals surface area contributed by atoms with Crippen molar-refractivity contribution < 1.29 is 9.47 Å². The van der Waals surface area contributed by atoms with Crippen LogP contribution >= 0.6 is 11.6 Å². The summed E-state index contributed by atoms with van der Waals surface area (Å²) in [6.07, 6.45) is 4.05. The number of nitrogens with zero attached hydrogens (tertiary/aromatic N) is 2. The predicted molar refractivity (Wildman–Crippen MR) is 76.5 cm³/mol. The zero-order valence-corrected chi connectivity index (χ0v) is 12.1. The van der Waals surface area contributed by atoms with Crippen molar-refractivity contribution in [3.63, 3.8) is 0 Å².